The molecule has 0 bridgehead atoms. The van der Waals surface area contributed by atoms with Crippen LogP contribution in [0.15, 0.2) is 0 Å². The Balaban J connectivity index is 0. The molecule has 0 heterocycles. The van der Waals surface area contributed by atoms with Gasteiger partial charge in [0.25, 0.3) is 0 Å². The lowest BCUT2D eigenvalue weighted by Gasteiger charge is -2.07. The third-order valence-electron chi connectivity index (χ3n) is 1.23. The van der Waals surface area contributed by atoms with Crippen molar-refractivity contribution in [2.75, 3.05) is 13.2 Å². The first kappa shape index (κ1) is 17.5. The van der Waals surface area contributed by atoms with E-state index < -0.39 is 37.4 Å². The Labute approximate surface area is 95.9 Å². The number of ether oxygens (including phenoxy) is 1. The van der Waals surface area contributed by atoms with Crippen molar-refractivity contribution in [3.63, 3.8) is 0 Å². The van der Waals surface area contributed by atoms with Crippen LogP contribution in [0.3, 0.4) is 0 Å². The van der Waals surface area contributed by atoms with Crippen molar-refractivity contribution >= 4 is 18.1 Å². The number of hydrogen-bond acceptors (Lipinski definition) is 6. The van der Waals surface area contributed by atoms with Crippen LogP contribution in [-0.4, -0.2) is 62.9 Å². The molecular formula is C8H14O9. The van der Waals surface area contributed by atoms with Crippen LogP contribution >= 0.6 is 0 Å². The van der Waals surface area contributed by atoms with Crippen molar-refractivity contribution in [3.8, 4) is 0 Å². The van der Waals surface area contributed by atoms with E-state index in [0.29, 0.717) is 0 Å². The van der Waals surface area contributed by atoms with Gasteiger partial charge in [0.05, 0.1) is 26.1 Å². The molecule has 0 fully saturated rings. The molecule has 0 aromatic carbocycles. The van der Waals surface area contributed by atoms with Crippen LogP contribution < -0.4 is 0 Å². The standard InChI is InChI=1S/C4H8O5.C4H6O4/c5-1-3(2-6)9-4(7)8;5-3(6)1-2-4(7)8/h3,5-6H,1-2H2,(H,7,8);1-2H2,(H,5,6)(H,7,8). The van der Waals surface area contributed by atoms with E-state index in [0.717, 1.165) is 0 Å². The van der Waals surface area contributed by atoms with Gasteiger partial charge in [-0.05, 0) is 0 Å². The SMILES string of the molecule is O=C(O)CCC(=O)O.O=C(O)OC(CO)CO. The molecule has 0 aliphatic heterocycles. The van der Waals surface area contributed by atoms with Crippen LogP contribution in [0.25, 0.3) is 0 Å². The monoisotopic (exact) mass is 254 g/mol. The van der Waals surface area contributed by atoms with Gasteiger partial charge in [-0.1, -0.05) is 0 Å². The fourth-order valence-electron chi connectivity index (χ4n) is 0.489. The molecule has 0 aromatic rings. The second kappa shape index (κ2) is 10.6. The van der Waals surface area contributed by atoms with E-state index in [9.17, 15) is 14.4 Å². The van der Waals surface area contributed by atoms with E-state index in [4.69, 9.17) is 25.5 Å². The first-order valence-electron chi connectivity index (χ1n) is 4.38. The van der Waals surface area contributed by atoms with Gasteiger partial charge in [-0.15, -0.1) is 0 Å². The molecule has 0 atom stereocenters. The molecule has 0 unspecified atom stereocenters. The van der Waals surface area contributed by atoms with E-state index in [1.54, 1.807) is 0 Å². The lowest BCUT2D eigenvalue weighted by Crippen LogP contribution is -2.24. The summed E-state index contributed by atoms with van der Waals surface area (Å²) in [4.78, 5) is 29.0. The Kier molecular flexibility index (Phi) is 11.0. The van der Waals surface area contributed by atoms with Crippen molar-refractivity contribution in [1.29, 1.82) is 0 Å². The van der Waals surface area contributed by atoms with Crippen LogP contribution in [0.4, 0.5) is 4.79 Å². The number of hydrogen-bond donors (Lipinski definition) is 5. The number of aliphatic carboxylic acids is 2. The van der Waals surface area contributed by atoms with E-state index in [1.807, 2.05) is 0 Å². The van der Waals surface area contributed by atoms with E-state index >= 15 is 0 Å². The highest BCUT2D eigenvalue weighted by atomic mass is 16.7. The van der Waals surface area contributed by atoms with Gasteiger partial charge in [0.2, 0.25) is 0 Å². The summed E-state index contributed by atoms with van der Waals surface area (Å²) in [6.07, 6.45) is -3.10. The Morgan fingerprint density at radius 3 is 1.35 bits per heavy atom. The molecule has 0 saturated heterocycles. The van der Waals surface area contributed by atoms with Gasteiger partial charge in [0.15, 0.2) is 6.10 Å². The van der Waals surface area contributed by atoms with Crippen LogP contribution in [0, 0.1) is 0 Å². The van der Waals surface area contributed by atoms with Gasteiger partial charge < -0.3 is 30.3 Å². The minimum absolute atomic E-state index is 0.296. The molecule has 0 radical (unpaired) electrons. The number of aliphatic hydroxyl groups is 2. The van der Waals surface area contributed by atoms with Crippen LogP contribution in [0.5, 0.6) is 0 Å². The highest BCUT2D eigenvalue weighted by Crippen LogP contribution is 1.88. The third-order valence-corrected chi connectivity index (χ3v) is 1.23. The first-order valence-corrected chi connectivity index (χ1v) is 4.38. The predicted molar refractivity (Wildman–Crippen MR) is 51.6 cm³/mol. The van der Waals surface area contributed by atoms with Crippen molar-refractivity contribution in [2.45, 2.75) is 18.9 Å². The van der Waals surface area contributed by atoms with E-state index in [-0.39, 0.29) is 12.8 Å². The first-order chi connectivity index (χ1) is 7.83. The Bertz CT molecular complexity index is 231. The van der Waals surface area contributed by atoms with Crippen molar-refractivity contribution < 1.29 is 44.7 Å². The molecule has 0 saturated carbocycles. The molecule has 0 spiro atoms. The zero-order valence-corrected chi connectivity index (χ0v) is 8.77. The fraction of sp³-hybridized carbons (Fsp3) is 0.625. The topological polar surface area (TPSA) is 162 Å². The highest BCUT2D eigenvalue weighted by molar-refractivity contribution is 5.75. The number of carboxylic acid groups (broad SMARTS) is 3. The van der Waals surface area contributed by atoms with Crippen LogP contribution in [0.2, 0.25) is 0 Å². The summed E-state index contributed by atoms with van der Waals surface area (Å²) >= 11 is 0. The largest absolute Gasteiger partial charge is 0.506 e. The predicted octanol–water partition coefficient (Wildman–Crippen LogP) is -1.03. The maximum Gasteiger partial charge on any atom is 0.506 e. The molecule has 17 heavy (non-hydrogen) atoms. The van der Waals surface area contributed by atoms with Crippen molar-refractivity contribution in [2.24, 2.45) is 0 Å². The summed E-state index contributed by atoms with van der Waals surface area (Å²) < 4.78 is 3.97. The van der Waals surface area contributed by atoms with Gasteiger partial charge in [0, 0.05) is 0 Å². The fourth-order valence-corrected chi connectivity index (χ4v) is 0.489. The molecule has 0 amide bonds. The molecule has 0 aromatic heterocycles. The smallest absolute Gasteiger partial charge is 0.481 e. The Morgan fingerprint density at radius 2 is 1.24 bits per heavy atom. The maximum absolute atomic E-state index is 9.68. The van der Waals surface area contributed by atoms with Gasteiger partial charge in [-0.25, -0.2) is 4.79 Å². The Hall–Kier alpha value is -1.87. The van der Waals surface area contributed by atoms with Crippen molar-refractivity contribution in [3.05, 3.63) is 0 Å². The molecule has 9 heteroatoms. The number of carboxylic acids is 2. The lowest BCUT2D eigenvalue weighted by atomic mass is 10.3. The summed E-state index contributed by atoms with van der Waals surface area (Å²) in [7, 11) is 0. The zero-order chi connectivity index (χ0) is 13.8. The average molecular weight is 254 g/mol. The quantitative estimate of drug-likeness (QED) is 0.373. The molecule has 100 valence electrons. The van der Waals surface area contributed by atoms with Gasteiger partial charge in [-0.2, -0.15) is 0 Å². The molecule has 0 aliphatic carbocycles. The lowest BCUT2D eigenvalue weighted by molar-refractivity contribution is -0.143. The summed E-state index contributed by atoms with van der Waals surface area (Å²) in [5, 5.41) is 40.2. The molecule has 0 rings (SSSR count). The number of carbonyl (C=O) groups is 3. The Morgan fingerprint density at radius 1 is 0.882 bits per heavy atom. The van der Waals surface area contributed by atoms with E-state index in [2.05, 4.69) is 4.74 Å². The van der Waals surface area contributed by atoms with Gasteiger partial charge in [0.1, 0.15) is 0 Å². The van der Waals surface area contributed by atoms with Gasteiger partial charge in [-0.3, -0.25) is 9.59 Å². The summed E-state index contributed by atoms with van der Waals surface area (Å²) in [5.74, 6) is -2.15. The second-order valence-corrected chi connectivity index (χ2v) is 2.66. The van der Waals surface area contributed by atoms with Crippen molar-refractivity contribution in [1.82, 2.24) is 0 Å². The normalized spacial score (nSPS) is 9.12. The summed E-state index contributed by atoms with van der Waals surface area (Å²) in [6, 6.07) is 0. The van der Waals surface area contributed by atoms with Crippen LogP contribution in [-0.2, 0) is 14.3 Å². The minimum atomic E-state index is -1.50. The van der Waals surface area contributed by atoms with E-state index in [1.165, 1.54) is 0 Å². The third kappa shape index (κ3) is 16.8. The maximum atomic E-state index is 9.68. The second-order valence-electron chi connectivity index (χ2n) is 2.66. The van der Waals surface area contributed by atoms with Gasteiger partial charge >= 0.3 is 18.1 Å². The number of aliphatic hydroxyl groups excluding tert-OH is 2. The summed E-state index contributed by atoms with van der Waals surface area (Å²) in [5.41, 5.74) is 0. The highest BCUT2D eigenvalue weighted by Gasteiger charge is 2.09. The average Bonchev–Trinajstić information content (AvgIpc) is 2.23. The molecule has 9 nitrogen and oxygen atoms in total. The zero-order valence-electron chi connectivity index (χ0n) is 8.77. The minimum Gasteiger partial charge on any atom is -0.481 e. The molecule has 0 aliphatic rings. The summed E-state index contributed by atoms with van der Waals surface area (Å²) in [6.45, 7) is -0.994. The molecule has 5 N–H and O–H groups in total. The number of rotatable bonds is 6. The van der Waals surface area contributed by atoms with Crippen LogP contribution in [0.1, 0.15) is 12.8 Å². The molecular weight excluding hydrogens is 240 g/mol.